The molecule has 1 aromatic carbocycles. The van der Waals surface area contributed by atoms with Gasteiger partial charge in [-0.05, 0) is 17.7 Å². The van der Waals surface area contributed by atoms with E-state index in [1.165, 1.54) is 0 Å². The fourth-order valence-corrected chi connectivity index (χ4v) is 1.28. The highest BCUT2D eigenvalue weighted by atomic mass is 19.4. The third-order valence-corrected chi connectivity index (χ3v) is 2.28. The topological polar surface area (TPSA) is 72.5 Å². The van der Waals surface area contributed by atoms with E-state index in [0.717, 1.165) is 31.4 Å². The van der Waals surface area contributed by atoms with Gasteiger partial charge in [0.1, 0.15) is 5.75 Å². The lowest BCUT2D eigenvalue weighted by Crippen LogP contribution is -2.57. The van der Waals surface area contributed by atoms with Crippen molar-refractivity contribution in [1.29, 1.82) is 0 Å². The number of carbonyl (C=O) groups excluding carboxylic acids is 1. The molecule has 0 heterocycles. The largest absolute Gasteiger partial charge is 0.508 e. The molecule has 0 aromatic heterocycles. The number of ether oxygens (including phenoxy) is 1. The second-order valence-corrected chi connectivity index (χ2v) is 3.34. The van der Waals surface area contributed by atoms with Crippen LogP contribution in [-0.2, 0) is 15.1 Å². The summed E-state index contributed by atoms with van der Waals surface area (Å²) < 4.78 is 42.6. The number of carbonyl (C=O) groups is 1. The smallest absolute Gasteiger partial charge is 0.421 e. The Morgan fingerprint density at radius 1 is 1.29 bits per heavy atom. The minimum absolute atomic E-state index is 0.233. The Kier molecular flexibility index (Phi) is 3.33. The molecule has 0 radical (unpaired) electrons. The van der Waals surface area contributed by atoms with E-state index in [4.69, 9.17) is 10.8 Å². The Labute approximate surface area is 94.8 Å². The zero-order valence-corrected chi connectivity index (χ0v) is 8.78. The first-order valence-electron chi connectivity index (χ1n) is 4.47. The van der Waals surface area contributed by atoms with E-state index in [2.05, 4.69) is 4.74 Å². The number of esters is 1. The molecular formula is C10H10F3NO3. The molecule has 0 spiro atoms. The number of nitrogens with two attached hydrogens (primary N) is 1. The molecule has 94 valence electrons. The van der Waals surface area contributed by atoms with Crippen molar-refractivity contribution in [2.24, 2.45) is 5.73 Å². The van der Waals surface area contributed by atoms with Crippen molar-refractivity contribution in [2.75, 3.05) is 7.11 Å². The Bertz CT molecular complexity index is 416. The summed E-state index contributed by atoms with van der Waals surface area (Å²) in [4.78, 5) is 11.2. The van der Waals surface area contributed by atoms with Crippen molar-refractivity contribution >= 4 is 5.97 Å². The van der Waals surface area contributed by atoms with Crippen molar-refractivity contribution in [1.82, 2.24) is 0 Å². The highest BCUT2D eigenvalue weighted by molar-refractivity contribution is 5.83. The normalized spacial score (nSPS) is 15.1. The van der Waals surface area contributed by atoms with Gasteiger partial charge in [-0.2, -0.15) is 13.2 Å². The van der Waals surface area contributed by atoms with Gasteiger partial charge in [-0.1, -0.05) is 12.1 Å². The first-order chi connectivity index (χ1) is 7.73. The fraction of sp³-hybridized carbons (Fsp3) is 0.300. The SMILES string of the molecule is COC(=O)C(N)(c1ccc(O)cc1)C(F)(F)F. The van der Waals surface area contributed by atoms with Crippen LogP contribution in [0.15, 0.2) is 24.3 Å². The maximum atomic E-state index is 12.8. The first-order valence-corrected chi connectivity index (χ1v) is 4.47. The molecule has 17 heavy (non-hydrogen) atoms. The molecule has 0 aliphatic carbocycles. The summed E-state index contributed by atoms with van der Waals surface area (Å²) in [5.74, 6) is -1.85. The van der Waals surface area contributed by atoms with Gasteiger partial charge in [0, 0.05) is 0 Å². The first kappa shape index (κ1) is 13.3. The third kappa shape index (κ3) is 2.19. The van der Waals surface area contributed by atoms with E-state index >= 15 is 0 Å². The Morgan fingerprint density at radius 2 is 1.76 bits per heavy atom. The number of benzene rings is 1. The summed E-state index contributed by atoms with van der Waals surface area (Å²) in [7, 11) is 0.816. The molecule has 0 aliphatic heterocycles. The monoisotopic (exact) mass is 249 g/mol. The number of halogens is 3. The van der Waals surface area contributed by atoms with Crippen LogP contribution in [0.2, 0.25) is 0 Å². The number of methoxy groups -OCH3 is 1. The number of aromatic hydroxyl groups is 1. The zero-order valence-electron chi connectivity index (χ0n) is 8.78. The second-order valence-electron chi connectivity index (χ2n) is 3.34. The quantitative estimate of drug-likeness (QED) is 0.774. The lowest BCUT2D eigenvalue weighted by molar-refractivity contribution is -0.206. The molecule has 1 rings (SSSR count). The fourth-order valence-electron chi connectivity index (χ4n) is 1.28. The number of phenolic OH excluding ortho intramolecular Hbond substituents is 1. The maximum absolute atomic E-state index is 12.8. The van der Waals surface area contributed by atoms with Crippen LogP contribution in [-0.4, -0.2) is 24.4 Å². The van der Waals surface area contributed by atoms with E-state index < -0.39 is 23.2 Å². The minimum Gasteiger partial charge on any atom is -0.508 e. The van der Waals surface area contributed by atoms with Gasteiger partial charge in [-0.15, -0.1) is 0 Å². The standard InChI is InChI=1S/C10H10F3NO3/c1-17-8(16)9(14,10(11,12)13)6-2-4-7(15)5-3-6/h2-5,15H,14H2,1H3. The minimum atomic E-state index is -5.00. The maximum Gasteiger partial charge on any atom is 0.421 e. The lowest BCUT2D eigenvalue weighted by atomic mass is 9.90. The van der Waals surface area contributed by atoms with E-state index in [-0.39, 0.29) is 5.75 Å². The number of rotatable bonds is 2. The third-order valence-electron chi connectivity index (χ3n) is 2.28. The molecule has 0 fully saturated rings. The van der Waals surface area contributed by atoms with Crippen LogP contribution in [0.1, 0.15) is 5.56 Å². The zero-order chi connectivity index (χ0) is 13.3. The van der Waals surface area contributed by atoms with Gasteiger partial charge in [0.2, 0.25) is 5.54 Å². The molecule has 1 atom stereocenters. The Hall–Kier alpha value is -1.76. The summed E-state index contributed by atoms with van der Waals surface area (Å²) in [6.45, 7) is 0. The molecule has 1 aromatic rings. The van der Waals surface area contributed by atoms with Gasteiger partial charge in [0.25, 0.3) is 0 Å². The van der Waals surface area contributed by atoms with Gasteiger partial charge in [-0.25, -0.2) is 4.79 Å². The number of hydrogen-bond donors (Lipinski definition) is 2. The molecule has 0 bridgehead atoms. The molecular weight excluding hydrogens is 239 g/mol. The van der Waals surface area contributed by atoms with Crippen LogP contribution in [0.4, 0.5) is 13.2 Å². The van der Waals surface area contributed by atoms with Crippen LogP contribution < -0.4 is 5.73 Å². The van der Waals surface area contributed by atoms with Crippen LogP contribution >= 0.6 is 0 Å². The lowest BCUT2D eigenvalue weighted by Gasteiger charge is -2.29. The highest BCUT2D eigenvalue weighted by Crippen LogP contribution is 2.38. The van der Waals surface area contributed by atoms with Gasteiger partial charge < -0.3 is 15.6 Å². The molecule has 1 unspecified atom stereocenters. The summed E-state index contributed by atoms with van der Waals surface area (Å²) in [6.07, 6.45) is -5.00. The summed E-state index contributed by atoms with van der Waals surface area (Å²) in [6, 6.07) is 3.84. The van der Waals surface area contributed by atoms with E-state index in [0.29, 0.717) is 0 Å². The van der Waals surface area contributed by atoms with Gasteiger partial charge in [-0.3, -0.25) is 0 Å². The Balaban J connectivity index is 3.34. The average Bonchev–Trinajstić information content (AvgIpc) is 2.26. The van der Waals surface area contributed by atoms with Crippen LogP contribution in [0.25, 0.3) is 0 Å². The molecule has 3 N–H and O–H groups in total. The average molecular weight is 249 g/mol. The number of alkyl halides is 3. The highest BCUT2D eigenvalue weighted by Gasteiger charge is 2.60. The van der Waals surface area contributed by atoms with Gasteiger partial charge in [0.15, 0.2) is 0 Å². The van der Waals surface area contributed by atoms with Crippen molar-refractivity contribution in [3.63, 3.8) is 0 Å². The summed E-state index contributed by atoms with van der Waals surface area (Å²) in [5.41, 5.74) is 1.37. The molecule has 0 saturated heterocycles. The predicted molar refractivity (Wildman–Crippen MR) is 52.0 cm³/mol. The molecule has 7 heteroatoms. The second kappa shape index (κ2) is 4.25. The van der Waals surface area contributed by atoms with Gasteiger partial charge in [0.05, 0.1) is 7.11 Å². The van der Waals surface area contributed by atoms with Gasteiger partial charge >= 0.3 is 12.1 Å². The summed E-state index contributed by atoms with van der Waals surface area (Å²) in [5, 5.41) is 8.98. The van der Waals surface area contributed by atoms with E-state index in [1.54, 1.807) is 0 Å². The van der Waals surface area contributed by atoms with Crippen molar-refractivity contribution in [3.05, 3.63) is 29.8 Å². The summed E-state index contributed by atoms with van der Waals surface area (Å²) >= 11 is 0. The van der Waals surface area contributed by atoms with Crippen molar-refractivity contribution in [3.8, 4) is 5.75 Å². The number of hydrogen-bond acceptors (Lipinski definition) is 4. The van der Waals surface area contributed by atoms with Crippen LogP contribution in [0.5, 0.6) is 5.75 Å². The van der Waals surface area contributed by atoms with Crippen LogP contribution in [0.3, 0.4) is 0 Å². The Morgan fingerprint density at radius 3 is 2.12 bits per heavy atom. The van der Waals surface area contributed by atoms with Crippen molar-refractivity contribution in [2.45, 2.75) is 11.7 Å². The van der Waals surface area contributed by atoms with Crippen LogP contribution in [0, 0.1) is 0 Å². The number of phenols is 1. The predicted octanol–water partition coefficient (Wildman–Crippen LogP) is 1.28. The van der Waals surface area contributed by atoms with E-state index in [1.807, 2.05) is 0 Å². The molecule has 0 aliphatic rings. The molecule has 4 nitrogen and oxygen atoms in total. The van der Waals surface area contributed by atoms with E-state index in [9.17, 15) is 18.0 Å². The molecule has 0 amide bonds. The van der Waals surface area contributed by atoms with Crippen molar-refractivity contribution < 1.29 is 27.8 Å². The molecule has 0 saturated carbocycles.